The zero-order chi connectivity index (χ0) is 12.7. The number of fused-ring (bicyclic) bond motifs is 1. The maximum atomic E-state index is 11.8. The first kappa shape index (κ1) is 10.5. The number of hydrogen-bond donors (Lipinski definition) is 4. The molecule has 0 fully saturated rings. The minimum Gasteiger partial charge on any atom is -0.504 e. The van der Waals surface area contributed by atoms with Crippen LogP contribution >= 0.6 is 0 Å². The molecule has 1 amide bonds. The molecule has 0 saturated carbocycles. The largest absolute Gasteiger partial charge is 0.504 e. The van der Waals surface area contributed by atoms with Gasteiger partial charge in [0.2, 0.25) is 0 Å². The number of aromatic amines is 1. The van der Waals surface area contributed by atoms with Gasteiger partial charge in [-0.05, 0) is 24.3 Å². The Bertz CT molecular complexity index is 657. The first-order chi connectivity index (χ1) is 8.65. The van der Waals surface area contributed by atoms with E-state index in [-0.39, 0.29) is 17.4 Å². The minimum atomic E-state index is -0.260. The molecule has 0 radical (unpaired) electrons. The van der Waals surface area contributed by atoms with Gasteiger partial charge >= 0.3 is 0 Å². The second-order valence-electron chi connectivity index (χ2n) is 4.02. The number of nitrogens with one attached hydrogen (secondary N) is 2. The van der Waals surface area contributed by atoms with Gasteiger partial charge in [0, 0.05) is 23.5 Å². The van der Waals surface area contributed by atoms with Crippen molar-refractivity contribution in [2.75, 3.05) is 5.32 Å². The molecule has 1 aromatic heterocycles. The number of hydrogen-bond acceptors (Lipinski definition) is 3. The summed E-state index contributed by atoms with van der Waals surface area (Å²) in [5, 5.41) is 21.5. The molecule has 5 nitrogen and oxygen atoms in total. The number of rotatable bonds is 1. The summed E-state index contributed by atoms with van der Waals surface area (Å²) in [6.07, 6.45) is 3.45. The molecule has 0 bridgehead atoms. The fourth-order valence-electron chi connectivity index (χ4n) is 1.95. The Labute approximate surface area is 102 Å². The van der Waals surface area contributed by atoms with E-state index in [0.29, 0.717) is 16.8 Å². The average Bonchev–Trinajstić information content (AvgIpc) is 2.92. The Balaban J connectivity index is 2.15. The van der Waals surface area contributed by atoms with Gasteiger partial charge in [0.1, 0.15) is 0 Å². The molecular weight excluding hydrogens is 232 g/mol. The van der Waals surface area contributed by atoms with E-state index in [1.54, 1.807) is 12.3 Å². The van der Waals surface area contributed by atoms with E-state index < -0.39 is 0 Å². The lowest BCUT2D eigenvalue weighted by Gasteiger charge is -2.01. The third-order valence-corrected chi connectivity index (χ3v) is 2.82. The number of aromatic hydroxyl groups is 2. The van der Waals surface area contributed by atoms with Crippen LogP contribution in [0.3, 0.4) is 0 Å². The fraction of sp³-hybridized carbons (Fsp3) is 0. The first-order valence-corrected chi connectivity index (χ1v) is 5.38. The number of amides is 1. The van der Waals surface area contributed by atoms with Crippen LogP contribution in [-0.4, -0.2) is 21.1 Å². The number of phenolic OH excluding ortho intramolecular Hbond substituents is 2. The quantitative estimate of drug-likeness (QED) is 0.350. The number of phenols is 2. The molecule has 1 aromatic carbocycles. The normalized spacial score (nSPS) is 15.8. The summed E-state index contributed by atoms with van der Waals surface area (Å²) in [4.78, 5) is 14.8. The molecule has 0 saturated heterocycles. The molecule has 1 aliphatic heterocycles. The molecule has 3 rings (SSSR count). The Morgan fingerprint density at radius 3 is 2.67 bits per heavy atom. The molecule has 2 aromatic rings. The molecule has 0 atom stereocenters. The van der Waals surface area contributed by atoms with Crippen molar-refractivity contribution in [3.63, 3.8) is 0 Å². The van der Waals surface area contributed by atoms with E-state index in [2.05, 4.69) is 10.3 Å². The van der Waals surface area contributed by atoms with Gasteiger partial charge in [-0.2, -0.15) is 0 Å². The number of aromatic nitrogens is 1. The van der Waals surface area contributed by atoms with E-state index >= 15 is 0 Å². The lowest BCUT2D eigenvalue weighted by molar-refractivity contribution is -0.110. The van der Waals surface area contributed by atoms with Crippen LogP contribution in [-0.2, 0) is 4.79 Å². The molecule has 2 heterocycles. The third kappa shape index (κ3) is 1.53. The Kier molecular flexibility index (Phi) is 2.13. The molecule has 5 heteroatoms. The van der Waals surface area contributed by atoms with Gasteiger partial charge in [-0.1, -0.05) is 0 Å². The van der Waals surface area contributed by atoms with Gasteiger partial charge in [0.15, 0.2) is 11.5 Å². The van der Waals surface area contributed by atoms with Crippen LogP contribution in [0.15, 0.2) is 30.5 Å². The zero-order valence-corrected chi connectivity index (χ0v) is 9.27. The van der Waals surface area contributed by atoms with Crippen LogP contribution in [0, 0.1) is 0 Å². The second kappa shape index (κ2) is 3.66. The van der Waals surface area contributed by atoms with Crippen molar-refractivity contribution in [1.82, 2.24) is 4.98 Å². The third-order valence-electron chi connectivity index (χ3n) is 2.82. The first-order valence-electron chi connectivity index (χ1n) is 5.38. The van der Waals surface area contributed by atoms with Crippen LogP contribution < -0.4 is 5.32 Å². The molecule has 1 aliphatic rings. The van der Waals surface area contributed by atoms with Gasteiger partial charge in [-0.3, -0.25) is 4.79 Å². The number of carbonyl (C=O) groups is 1. The summed E-state index contributed by atoms with van der Waals surface area (Å²) in [5.41, 5.74) is 2.31. The fourth-order valence-corrected chi connectivity index (χ4v) is 1.95. The molecule has 0 unspecified atom stereocenters. The number of anilines is 1. The summed E-state index contributed by atoms with van der Waals surface area (Å²) in [7, 11) is 0. The SMILES string of the molecule is O=C1Nc2cc(O)c(O)cc2C1=Cc1ccc[nH]1. The number of benzene rings is 1. The topological polar surface area (TPSA) is 85.3 Å². The summed E-state index contributed by atoms with van der Waals surface area (Å²) in [6.45, 7) is 0. The molecular formula is C13H10N2O3. The van der Waals surface area contributed by atoms with Crippen LogP contribution in [0.25, 0.3) is 11.6 Å². The van der Waals surface area contributed by atoms with Crippen LogP contribution in [0.1, 0.15) is 11.3 Å². The Morgan fingerprint density at radius 1 is 1.17 bits per heavy atom. The van der Waals surface area contributed by atoms with Crippen molar-refractivity contribution in [2.45, 2.75) is 0 Å². The molecule has 0 spiro atoms. The van der Waals surface area contributed by atoms with Crippen molar-refractivity contribution >= 4 is 23.2 Å². The van der Waals surface area contributed by atoms with E-state index in [1.807, 2.05) is 12.1 Å². The standard InChI is InChI=1S/C13H10N2O3/c16-11-5-8-9(4-7-2-1-3-14-7)13(18)15-10(8)6-12(11)17/h1-6,14,16-17H,(H,15,18). The smallest absolute Gasteiger partial charge is 0.256 e. The molecule has 4 N–H and O–H groups in total. The van der Waals surface area contributed by atoms with Crippen molar-refractivity contribution in [3.8, 4) is 11.5 Å². The van der Waals surface area contributed by atoms with Gasteiger partial charge in [0.25, 0.3) is 5.91 Å². The van der Waals surface area contributed by atoms with Crippen molar-refractivity contribution in [3.05, 3.63) is 41.7 Å². The van der Waals surface area contributed by atoms with Crippen LogP contribution in [0.2, 0.25) is 0 Å². The van der Waals surface area contributed by atoms with Crippen molar-refractivity contribution in [2.24, 2.45) is 0 Å². The predicted molar refractivity (Wildman–Crippen MR) is 67.1 cm³/mol. The number of H-pyrrole nitrogens is 1. The molecule has 18 heavy (non-hydrogen) atoms. The van der Waals surface area contributed by atoms with E-state index in [4.69, 9.17) is 0 Å². The maximum Gasteiger partial charge on any atom is 0.256 e. The lowest BCUT2D eigenvalue weighted by atomic mass is 10.1. The van der Waals surface area contributed by atoms with Crippen LogP contribution in [0.4, 0.5) is 5.69 Å². The van der Waals surface area contributed by atoms with E-state index in [0.717, 1.165) is 5.69 Å². The number of carbonyl (C=O) groups excluding carboxylic acids is 1. The highest BCUT2D eigenvalue weighted by molar-refractivity contribution is 6.35. The average molecular weight is 242 g/mol. The Hall–Kier alpha value is -2.69. The minimum absolute atomic E-state index is 0.248. The van der Waals surface area contributed by atoms with Crippen molar-refractivity contribution < 1.29 is 15.0 Å². The van der Waals surface area contributed by atoms with Crippen molar-refractivity contribution in [1.29, 1.82) is 0 Å². The van der Waals surface area contributed by atoms with E-state index in [1.165, 1.54) is 12.1 Å². The maximum absolute atomic E-state index is 11.8. The second-order valence-corrected chi connectivity index (χ2v) is 4.02. The zero-order valence-electron chi connectivity index (χ0n) is 9.27. The predicted octanol–water partition coefficient (Wildman–Crippen LogP) is 1.92. The highest BCUT2D eigenvalue weighted by Gasteiger charge is 2.25. The summed E-state index contributed by atoms with van der Waals surface area (Å²) < 4.78 is 0. The molecule has 90 valence electrons. The highest BCUT2D eigenvalue weighted by atomic mass is 16.3. The lowest BCUT2D eigenvalue weighted by Crippen LogP contribution is -2.03. The summed E-state index contributed by atoms with van der Waals surface area (Å²) >= 11 is 0. The summed E-state index contributed by atoms with van der Waals surface area (Å²) in [6, 6.07) is 6.36. The van der Waals surface area contributed by atoms with E-state index in [9.17, 15) is 15.0 Å². The highest BCUT2D eigenvalue weighted by Crippen LogP contribution is 2.39. The van der Waals surface area contributed by atoms with Crippen LogP contribution in [0.5, 0.6) is 11.5 Å². The van der Waals surface area contributed by atoms with Gasteiger partial charge in [-0.25, -0.2) is 0 Å². The van der Waals surface area contributed by atoms with Gasteiger partial charge in [-0.15, -0.1) is 0 Å². The molecule has 0 aliphatic carbocycles. The summed E-state index contributed by atoms with van der Waals surface area (Å²) in [5.74, 6) is -0.762. The van der Waals surface area contributed by atoms with Gasteiger partial charge in [0.05, 0.1) is 11.3 Å². The monoisotopic (exact) mass is 242 g/mol. The van der Waals surface area contributed by atoms with Gasteiger partial charge < -0.3 is 20.5 Å². The Morgan fingerprint density at radius 2 is 1.94 bits per heavy atom.